The molecule has 9 heteroatoms. The number of nitrogens with zero attached hydrogens (tertiary/aromatic N) is 3. The summed E-state index contributed by atoms with van der Waals surface area (Å²) in [5.74, 6) is -0.955. The van der Waals surface area contributed by atoms with Crippen LogP contribution in [0, 0.1) is 11.7 Å². The molecule has 2 amide bonds. The smallest absolute Gasteiger partial charge is 0.253 e. The van der Waals surface area contributed by atoms with E-state index >= 15 is 0 Å². The first kappa shape index (κ1) is 22.8. The van der Waals surface area contributed by atoms with Crippen LogP contribution in [0.15, 0.2) is 29.6 Å². The summed E-state index contributed by atoms with van der Waals surface area (Å²) >= 11 is 1.42. The van der Waals surface area contributed by atoms with Crippen molar-refractivity contribution in [2.24, 2.45) is 5.92 Å². The highest BCUT2D eigenvalue weighted by molar-refractivity contribution is 7.13. The molecule has 1 N–H and O–H groups in total. The molecule has 2 saturated heterocycles. The second kappa shape index (κ2) is 10.1. The number of nitrogens with one attached hydrogen (secondary N) is 1. The third-order valence-corrected chi connectivity index (χ3v) is 6.64. The Labute approximate surface area is 191 Å². The summed E-state index contributed by atoms with van der Waals surface area (Å²) < 4.78 is 18.9. The van der Waals surface area contributed by atoms with E-state index in [1.54, 1.807) is 4.90 Å². The molecule has 2 aliphatic rings. The van der Waals surface area contributed by atoms with E-state index in [1.807, 2.05) is 5.38 Å². The van der Waals surface area contributed by atoms with Crippen LogP contribution in [0.2, 0.25) is 0 Å². The molecule has 0 radical (unpaired) electrons. The minimum Gasteiger partial charge on any atom is -0.373 e. The van der Waals surface area contributed by atoms with Crippen LogP contribution in [0.5, 0.6) is 0 Å². The van der Waals surface area contributed by atoms with Crippen molar-refractivity contribution in [1.29, 1.82) is 0 Å². The van der Waals surface area contributed by atoms with Gasteiger partial charge in [0.1, 0.15) is 5.82 Å². The van der Waals surface area contributed by atoms with Crippen LogP contribution >= 0.6 is 11.3 Å². The number of anilines is 1. The van der Waals surface area contributed by atoms with Crippen molar-refractivity contribution in [2.75, 3.05) is 31.5 Å². The maximum absolute atomic E-state index is 13.1. The van der Waals surface area contributed by atoms with Crippen molar-refractivity contribution < 1.29 is 18.7 Å². The summed E-state index contributed by atoms with van der Waals surface area (Å²) in [6.45, 7) is 7.55. The van der Waals surface area contributed by atoms with Crippen LogP contribution in [0.25, 0.3) is 0 Å². The zero-order valence-electron chi connectivity index (χ0n) is 18.4. The number of amides is 2. The standard InChI is InChI=1S/C23H29FN4O3S/c1-15-10-27(11-16(2)31-15)13-20-14-32-23(25-20)26-21(29)18-4-3-9-28(12-18)22(30)17-5-7-19(24)8-6-17/h5-8,14-16,18H,3-4,9-13H2,1-2H3,(H,25,26,29). The Morgan fingerprint density at radius 2 is 1.91 bits per heavy atom. The highest BCUT2D eigenvalue weighted by Crippen LogP contribution is 2.23. The maximum Gasteiger partial charge on any atom is 0.253 e. The summed E-state index contributed by atoms with van der Waals surface area (Å²) in [7, 11) is 0. The minimum absolute atomic E-state index is 0.115. The molecule has 0 aliphatic carbocycles. The SMILES string of the molecule is CC1CN(Cc2csc(NC(=O)C3CCCN(C(=O)c4ccc(F)cc4)C3)n2)CC(C)O1. The number of carbonyl (C=O) groups excluding carboxylic acids is 2. The summed E-state index contributed by atoms with van der Waals surface area (Å²) in [6, 6.07) is 5.52. The molecule has 2 aliphatic heterocycles. The minimum atomic E-state index is -0.377. The first-order valence-corrected chi connectivity index (χ1v) is 11.9. The van der Waals surface area contributed by atoms with Gasteiger partial charge in [-0.05, 0) is 51.0 Å². The Morgan fingerprint density at radius 1 is 1.19 bits per heavy atom. The summed E-state index contributed by atoms with van der Waals surface area (Å²) in [5.41, 5.74) is 1.37. The number of ether oxygens (including phenoxy) is 1. The van der Waals surface area contributed by atoms with E-state index < -0.39 is 0 Å². The zero-order chi connectivity index (χ0) is 22.7. The van der Waals surface area contributed by atoms with Crippen molar-refractivity contribution in [2.45, 2.75) is 45.4 Å². The van der Waals surface area contributed by atoms with Crippen LogP contribution in [0.1, 0.15) is 42.7 Å². The Balaban J connectivity index is 1.32. The lowest BCUT2D eigenvalue weighted by Gasteiger charge is -2.34. The number of hydrogen-bond donors (Lipinski definition) is 1. The lowest BCUT2D eigenvalue weighted by atomic mass is 9.96. The molecule has 172 valence electrons. The van der Waals surface area contributed by atoms with Crippen molar-refractivity contribution in [1.82, 2.24) is 14.8 Å². The largest absolute Gasteiger partial charge is 0.373 e. The second-order valence-electron chi connectivity index (χ2n) is 8.68. The normalized spacial score (nSPS) is 24.3. The molecule has 1 aromatic carbocycles. The first-order chi connectivity index (χ1) is 15.4. The predicted molar refractivity (Wildman–Crippen MR) is 121 cm³/mol. The molecule has 0 bridgehead atoms. The van der Waals surface area contributed by atoms with Crippen LogP contribution in [0.4, 0.5) is 9.52 Å². The van der Waals surface area contributed by atoms with Gasteiger partial charge in [-0.15, -0.1) is 11.3 Å². The van der Waals surface area contributed by atoms with Crippen molar-refractivity contribution in [3.05, 3.63) is 46.7 Å². The predicted octanol–water partition coefficient (Wildman–Crippen LogP) is 3.38. The van der Waals surface area contributed by atoms with E-state index in [4.69, 9.17) is 4.74 Å². The van der Waals surface area contributed by atoms with E-state index in [-0.39, 0.29) is 35.8 Å². The maximum atomic E-state index is 13.1. The van der Waals surface area contributed by atoms with Gasteiger partial charge < -0.3 is 15.0 Å². The molecule has 7 nitrogen and oxygen atoms in total. The van der Waals surface area contributed by atoms with Gasteiger partial charge in [0.15, 0.2) is 5.13 Å². The number of likely N-dealkylation sites (tertiary alicyclic amines) is 1. The van der Waals surface area contributed by atoms with Gasteiger partial charge in [-0.2, -0.15) is 0 Å². The Kier molecular flexibility index (Phi) is 7.17. The number of rotatable bonds is 5. The molecular weight excluding hydrogens is 431 g/mol. The molecule has 3 heterocycles. The molecule has 0 spiro atoms. The zero-order valence-corrected chi connectivity index (χ0v) is 19.2. The van der Waals surface area contributed by atoms with E-state index in [2.05, 4.69) is 29.0 Å². The lowest BCUT2D eigenvalue weighted by molar-refractivity contribution is -0.121. The fraction of sp³-hybridized carbons (Fsp3) is 0.522. The van der Waals surface area contributed by atoms with Crippen molar-refractivity contribution in [3.63, 3.8) is 0 Å². The number of carbonyl (C=O) groups is 2. The molecule has 3 atom stereocenters. The number of piperidine rings is 1. The molecule has 3 unspecified atom stereocenters. The quantitative estimate of drug-likeness (QED) is 0.741. The highest BCUT2D eigenvalue weighted by atomic mass is 32.1. The van der Waals surface area contributed by atoms with Gasteiger partial charge in [-0.3, -0.25) is 14.5 Å². The number of hydrogen-bond acceptors (Lipinski definition) is 6. The van der Waals surface area contributed by atoms with Gasteiger partial charge in [-0.25, -0.2) is 9.37 Å². The number of aromatic nitrogens is 1. The molecule has 2 aromatic rings. The monoisotopic (exact) mass is 460 g/mol. The van der Waals surface area contributed by atoms with Crippen LogP contribution in [-0.2, 0) is 16.1 Å². The van der Waals surface area contributed by atoms with E-state index in [0.717, 1.165) is 38.2 Å². The van der Waals surface area contributed by atoms with Gasteiger partial charge in [0, 0.05) is 43.7 Å². The third-order valence-electron chi connectivity index (χ3n) is 5.83. The highest BCUT2D eigenvalue weighted by Gasteiger charge is 2.29. The summed E-state index contributed by atoms with van der Waals surface area (Å²) in [4.78, 5) is 34.1. The summed E-state index contributed by atoms with van der Waals surface area (Å²) in [5, 5.41) is 5.49. The molecule has 32 heavy (non-hydrogen) atoms. The summed E-state index contributed by atoms with van der Waals surface area (Å²) in [6.07, 6.45) is 1.87. The lowest BCUT2D eigenvalue weighted by Crippen LogP contribution is -2.44. The number of thiazole rings is 1. The van der Waals surface area contributed by atoms with E-state index in [1.165, 1.54) is 35.6 Å². The molecule has 1 aromatic heterocycles. The fourth-order valence-electron chi connectivity index (χ4n) is 4.44. The first-order valence-electron chi connectivity index (χ1n) is 11.1. The average Bonchev–Trinajstić information content (AvgIpc) is 3.19. The van der Waals surface area contributed by atoms with Gasteiger partial charge in [-0.1, -0.05) is 0 Å². The number of halogens is 1. The molecule has 4 rings (SSSR count). The topological polar surface area (TPSA) is 74.8 Å². The average molecular weight is 461 g/mol. The van der Waals surface area contributed by atoms with Gasteiger partial charge in [0.25, 0.3) is 5.91 Å². The fourth-order valence-corrected chi connectivity index (χ4v) is 5.14. The number of morpholine rings is 1. The Bertz CT molecular complexity index is 941. The Morgan fingerprint density at radius 3 is 2.62 bits per heavy atom. The van der Waals surface area contributed by atoms with Crippen LogP contribution in [0.3, 0.4) is 0 Å². The van der Waals surface area contributed by atoms with Gasteiger partial charge in [0.05, 0.1) is 23.8 Å². The van der Waals surface area contributed by atoms with Crippen molar-refractivity contribution >= 4 is 28.3 Å². The van der Waals surface area contributed by atoms with Gasteiger partial charge >= 0.3 is 0 Å². The van der Waals surface area contributed by atoms with E-state index in [0.29, 0.717) is 23.8 Å². The molecule has 2 fully saturated rings. The van der Waals surface area contributed by atoms with E-state index in [9.17, 15) is 14.0 Å². The molecular formula is C23H29FN4O3S. The van der Waals surface area contributed by atoms with Crippen LogP contribution in [-0.4, -0.2) is 65.0 Å². The Hall–Kier alpha value is -2.36. The number of benzene rings is 1. The van der Waals surface area contributed by atoms with Crippen molar-refractivity contribution in [3.8, 4) is 0 Å². The van der Waals surface area contributed by atoms with Gasteiger partial charge in [0.2, 0.25) is 5.91 Å². The third kappa shape index (κ3) is 5.70. The van der Waals surface area contributed by atoms with Crippen LogP contribution < -0.4 is 5.32 Å². The molecule has 0 saturated carbocycles. The second-order valence-corrected chi connectivity index (χ2v) is 9.54.